The second-order valence-corrected chi connectivity index (χ2v) is 9.10. The highest BCUT2D eigenvalue weighted by Crippen LogP contribution is 2.20. The van der Waals surface area contributed by atoms with Crippen LogP contribution < -0.4 is 10.1 Å². The Labute approximate surface area is 168 Å². The first-order chi connectivity index (χ1) is 13.3. The molecule has 1 aromatic heterocycles. The van der Waals surface area contributed by atoms with Crippen molar-refractivity contribution in [1.29, 1.82) is 0 Å². The summed E-state index contributed by atoms with van der Waals surface area (Å²) in [6, 6.07) is 9.98. The number of hydrogen-bond donors (Lipinski definition) is 1. The van der Waals surface area contributed by atoms with Crippen molar-refractivity contribution in [2.45, 2.75) is 11.1 Å². The van der Waals surface area contributed by atoms with Crippen molar-refractivity contribution in [3.05, 3.63) is 41.8 Å². The molecule has 0 radical (unpaired) electrons. The number of carbonyl (C=O) groups excluding carboxylic acids is 2. The molecule has 0 atom stereocenters. The van der Waals surface area contributed by atoms with Crippen molar-refractivity contribution in [2.24, 2.45) is 0 Å². The fraction of sp³-hybridized carbons (Fsp3) is 0.333. The van der Waals surface area contributed by atoms with Crippen LogP contribution in [0.2, 0.25) is 0 Å². The predicted octanol–water partition coefficient (Wildman–Crippen LogP) is 1.86. The van der Waals surface area contributed by atoms with Gasteiger partial charge < -0.3 is 15.0 Å². The van der Waals surface area contributed by atoms with Crippen LogP contribution in [0.25, 0.3) is 0 Å². The van der Waals surface area contributed by atoms with Gasteiger partial charge in [0, 0.05) is 25.3 Å². The van der Waals surface area contributed by atoms with Crippen molar-refractivity contribution < 1.29 is 22.7 Å². The minimum atomic E-state index is -3.73. The van der Waals surface area contributed by atoms with Gasteiger partial charge in [-0.2, -0.15) is 4.31 Å². The molecule has 2 rings (SSSR count). The molecule has 0 fully saturated rings. The van der Waals surface area contributed by atoms with Gasteiger partial charge in [0.1, 0.15) is 9.96 Å². The number of anilines is 1. The lowest BCUT2D eigenvalue weighted by Crippen LogP contribution is -2.44. The minimum absolute atomic E-state index is 0.168. The van der Waals surface area contributed by atoms with E-state index in [0.717, 1.165) is 15.6 Å². The molecule has 2 amide bonds. The maximum Gasteiger partial charge on any atom is 0.252 e. The average molecular weight is 426 g/mol. The number of carbonyl (C=O) groups is 2. The summed E-state index contributed by atoms with van der Waals surface area (Å²) in [5.41, 5.74) is 0.547. The molecule has 1 heterocycles. The second-order valence-electron chi connectivity index (χ2n) is 5.88. The van der Waals surface area contributed by atoms with Gasteiger partial charge in [-0.25, -0.2) is 8.42 Å². The number of sulfonamides is 1. The first-order valence-corrected chi connectivity index (χ1v) is 10.8. The van der Waals surface area contributed by atoms with E-state index in [4.69, 9.17) is 4.74 Å². The summed E-state index contributed by atoms with van der Waals surface area (Å²) in [5, 5.41) is 4.36. The fourth-order valence-electron chi connectivity index (χ4n) is 2.39. The third kappa shape index (κ3) is 5.54. The van der Waals surface area contributed by atoms with Crippen molar-refractivity contribution in [3.8, 4) is 5.75 Å². The number of nitrogens with zero attached hydrogens (tertiary/aromatic N) is 2. The van der Waals surface area contributed by atoms with Crippen LogP contribution in [0, 0.1) is 0 Å². The quantitative estimate of drug-likeness (QED) is 0.662. The van der Waals surface area contributed by atoms with Crippen molar-refractivity contribution in [2.75, 3.05) is 39.1 Å². The molecule has 152 valence electrons. The topological polar surface area (TPSA) is 96.0 Å². The Morgan fingerprint density at radius 2 is 1.93 bits per heavy atom. The molecule has 1 aromatic carbocycles. The monoisotopic (exact) mass is 425 g/mol. The number of likely N-dealkylation sites (N-methyl/N-ethyl adjacent to an activating group) is 2. The number of methoxy groups -OCH3 is 1. The highest BCUT2D eigenvalue weighted by molar-refractivity contribution is 7.91. The molecule has 2 aromatic rings. The highest BCUT2D eigenvalue weighted by Gasteiger charge is 2.26. The van der Waals surface area contributed by atoms with Gasteiger partial charge in [0.25, 0.3) is 10.0 Å². The largest absolute Gasteiger partial charge is 0.497 e. The summed E-state index contributed by atoms with van der Waals surface area (Å²) in [6.07, 6.45) is 0. The fourth-order valence-corrected chi connectivity index (χ4v) is 4.71. The van der Waals surface area contributed by atoms with Gasteiger partial charge in [0.15, 0.2) is 0 Å². The molecule has 0 saturated carbocycles. The summed E-state index contributed by atoms with van der Waals surface area (Å²) in [4.78, 5) is 26.1. The molecule has 0 aliphatic carbocycles. The zero-order chi connectivity index (χ0) is 20.7. The molecule has 0 saturated heterocycles. The number of ether oxygens (including phenoxy) is 1. The summed E-state index contributed by atoms with van der Waals surface area (Å²) in [7, 11) is -0.856. The van der Waals surface area contributed by atoms with Crippen molar-refractivity contribution in [1.82, 2.24) is 9.21 Å². The van der Waals surface area contributed by atoms with Crippen molar-refractivity contribution >= 4 is 38.9 Å². The van der Waals surface area contributed by atoms with Crippen LogP contribution in [0.15, 0.2) is 46.0 Å². The third-order valence-corrected chi connectivity index (χ3v) is 7.12. The number of amides is 2. The van der Waals surface area contributed by atoms with E-state index < -0.39 is 15.9 Å². The van der Waals surface area contributed by atoms with E-state index in [-0.39, 0.29) is 29.8 Å². The summed E-state index contributed by atoms with van der Waals surface area (Å²) in [5.74, 6) is -0.236. The van der Waals surface area contributed by atoms with Crippen molar-refractivity contribution in [3.63, 3.8) is 0 Å². The molecular weight excluding hydrogens is 402 g/mol. The van der Waals surface area contributed by atoms with E-state index >= 15 is 0 Å². The van der Waals surface area contributed by atoms with Gasteiger partial charge in [0.2, 0.25) is 11.8 Å². The van der Waals surface area contributed by atoms with Gasteiger partial charge in [-0.1, -0.05) is 12.1 Å². The molecule has 28 heavy (non-hydrogen) atoms. The normalized spacial score (nSPS) is 11.3. The Morgan fingerprint density at radius 3 is 2.54 bits per heavy atom. The maximum absolute atomic E-state index is 12.5. The number of hydrogen-bond acceptors (Lipinski definition) is 6. The predicted molar refractivity (Wildman–Crippen MR) is 108 cm³/mol. The lowest BCUT2D eigenvalue weighted by Gasteiger charge is -2.23. The van der Waals surface area contributed by atoms with E-state index in [2.05, 4.69) is 5.32 Å². The first-order valence-electron chi connectivity index (χ1n) is 8.49. The van der Waals surface area contributed by atoms with Crippen LogP contribution in [0.1, 0.15) is 6.92 Å². The molecule has 0 aliphatic heterocycles. The van der Waals surface area contributed by atoms with Crippen LogP contribution in [0.4, 0.5) is 5.69 Å². The molecule has 10 heteroatoms. The first kappa shape index (κ1) is 21.9. The molecule has 8 nitrogen and oxygen atoms in total. The zero-order valence-corrected chi connectivity index (χ0v) is 17.5. The minimum Gasteiger partial charge on any atom is -0.497 e. The Bertz CT molecular complexity index is 913. The molecule has 0 aliphatic rings. The van der Waals surface area contributed by atoms with E-state index in [1.165, 1.54) is 25.1 Å². The van der Waals surface area contributed by atoms with Crippen LogP contribution >= 0.6 is 11.3 Å². The Morgan fingerprint density at radius 1 is 1.18 bits per heavy atom. The van der Waals surface area contributed by atoms with Crippen LogP contribution in [0.3, 0.4) is 0 Å². The summed E-state index contributed by atoms with van der Waals surface area (Å²) >= 11 is 1.09. The zero-order valence-electron chi connectivity index (χ0n) is 15.9. The van der Waals surface area contributed by atoms with Gasteiger partial charge in [-0.05, 0) is 30.5 Å². The SMILES string of the molecule is CCN(CC(=O)Nc1cccc(OC)c1)C(=O)CN(C)S(=O)(=O)c1cccs1. The van der Waals surface area contributed by atoms with E-state index in [0.29, 0.717) is 11.4 Å². The van der Waals surface area contributed by atoms with E-state index in [9.17, 15) is 18.0 Å². The highest BCUT2D eigenvalue weighted by atomic mass is 32.2. The molecule has 1 N–H and O–H groups in total. The third-order valence-electron chi connectivity index (χ3n) is 3.94. The van der Waals surface area contributed by atoms with Crippen LogP contribution in [0.5, 0.6) is 5.75 Å². The molecule has 0 spiro atoms. The van der Waals surface area contributed by atoms with Gasteiger partial charge >= 0.3 is 0 Å². The standard InChI is InChI=1S/C18H23N3O5S2/c1-4-21(12-16(22)19-14-7-5-8-15(11-14)26-3)17(23)13-20(2)28(24,25)18-9-6-10-27-18/h5-11H,4,12-13H2,1-3H3,(H,19,22). The second kappa shape index (κ2) is 9.67. The average Bonchev–Trinajstić information content (AvgIpc) is 3.21. The van der Waals surface area contributed by atoms with E-state index in [1.807, 2.05) is 0 Å². The lowest BCUT2D eigenvalue weighted by atomic mass is 10.3. The molecule has 0 bridgehead atoms. The van der Waals surface area contributed by atoms with Crippen LogP contribution in [-0.2, 0) is 19.6 Å². The lowest BCUT2D eigenvalue weighted by molar-refractivity contribution is -0.134. The Balaban J connectivity index is 1.98. The smallest absolute Gasteiger partial charge is 0.252 e. The number of nitrogens with one attached hydrogen (secondary N) is 1. The molecule has 0 unspecified atom stereocenters. The van der Waals surface area contributed by atoms with Gasteiger partial charge in [-0.3, -0.25) is 9.59 Å². The number of rotatable bonds is 9. The summed E-state index contributed by atoms with van der Waals surface area (Å²) in [6.45, 7) is 1.47. The Kier molecular flexibility index (Phi) is 7.55. The van der Waals surface area contributed by atoms with Gasteiger partial charge in [0.05, 0.1) is 20.2 Å². The Hall–Kier alpha value is -2.43. The molecular formula is C18H23N3O5S2. The van der Waals surface area contributed by atoms with Gasteiger partial charge in [-0.15, -0.1) is 11.3 Å². The number of benzene rings is 1. The summed E-state index contributed by atoms with van der Waals surface area (Å²) < 4.78 is 31.1. The maximum atomic E-state index is 12.5. The van der Waals surface area contributed by atoms with E-state index in [1.54, 1.807) is 42.6 Å². The number of thiophene rings is 1. The van der Waals surface area contributed by atoms with Crippen LogP contribution in [-0.4, -0.2) is 63.2 Å².